The molecular weight excluding hydrogens is 373 g/mol. The van der Waals surface area contributed by atoms with Crippen molar-refractivity contribution in [3.8, 4) is 0 Å². The summed E-state index contributed by atoms with van der Waals surface area (Å²) in [7, 11) is 0. The average molecular weight is 389 g/mol. The number of aliphatic carboxylic acids is 1. The lowest BCUT2D eigenvalue weighted by Gasteiger charge is -2.49. The molecule has 146 valence electrons. The van der Waals surface area contributed by atoms with Crippen LogP contribution in [0.15, 0.2) is 12.2 Å². The molecule has 2 aliphatic carbocycles. The van der Waals surface area contributed by atoms with Gasteiger partial charge in [-0.3, -0.25) is 9.59 Å². The van der Waals surface area contributed by atoms with E-state index in [1.165, 1.54) is 0 Å². The first-order valence-electron chi connectivity index (χ1n) is 8.45. The Kier molecular flexibility index (Phi) is 5.21. The quantitative estimate of drug-likeness (QED) is 0.355. The Balaban J connectivity index is 1.89. The molecule has 27 heavy (non-hydrogen) atoms. The first-order valence-corrected chi connectivity index (χ1v) is 8.45. The molecule has 0 bridgehead atoms. The summed E-state index contributed by atoms with van der Waals surface area (Å²) in [5, 5.41) is 11.2. The van der Waals surface area contributed by atoms with Gasteiger partial charge in [0.05, 0.1) is 11.8 Å². The van der Waals surface area contributed by atoms with E-state index in [-0.39, 0.29) is 11.8 Å². The molecule has 1 aromatic rings. The Morgan fingerprint density at radius 3 is 1.74 bits per heavy atom. The molecule has 0 spiro atoms. The van der Waals surface area contributed by atoms with Gasteiger partial charge < -0.3 is 10.4 Å². The van der Waals surface area contributed by atoms with Crippen molar-refractivity contribution in [1.29, 1.82) is 0 Å². The molecular formula is C18H16F5NO3. The summed E-state index contributed by atoms with van der Waals surface area (Å²) in [5.74, 6) is -16.1. The van der Waals surface area contributed by atoms with E-state index in [0.29, 0.717) is 25.7 Å². The first kappa shape index (κ1) is 19.3. The van der Waals surface area contributed by atoms with E-state index < -0.39 is 58.5 Å². The highest BCUT2D eigenvalue weighted by Crippen LogP contribution is 2.52. The van der Waals surface area contributed by atoms with Crippen LogP contribution in [0.5, 0.6) is 0 Å². The van der Waals surface area contributed by atoms with Crippen LogP contribution in [-0.4, -0.2) is 17.0 Å². The lowest BCUT2D eigenvalue weighted by molar-refractivity contribution is -0.165. The predicted molar refractivity (Wildman–Crippen MR) is 84.1 cm³/mol. The van der Waals surface area contributed by atoms with Gasteiger partial charge in [-0.15, -0.1) is 0 Å². The van der Waals surface area contributed by atoms with E-state index in [4.69, 9.17) is 0 Å². The van der Waals surface area contributed by atoms with Gasteiger partial charge in [-0.25, -0.2) is 22.0 Å². The van der Waals surface area contributed by atoms with Gasteiger partial charge in [0.15, 0.2) is 23.3 Å². The molecule has 4 atom stereocenters. The van der Waals surface area contributed by atoms with Gasteiger partial charge in [0.25, 0.3) is 0 Å². The maximum absolute atomic E-state index is 13.8. The zero-order valence-electron chi connectivity index (χ0n) is 13.9. The number of carboxylic acids is 1. The van der Waals surface area contributed by atoms with Gasteiger partial charge in [0, 0.05) is 0 Å². The zero-order valence-corrected chi connectivity index (χ0v) is 13.9. The fourth-order valence-electron chi connectivity index (χ4n) is 4.14. The highest BCUT2D eigenvalue weighted by Gasteiger charge is 2.56. The van der Waals surface area contributed by atoms with Gasteiger partial charge in [-0.1, -0.05) is 12.2 Å². The molecule has 1 fully saturated rings. The molecule has 1 saturated carbocycles. The number of anilines is 1. The minimum absolute atomic E-state index is 0.278. The van der Waals surface area contributed by atoms with Crippen LogP contribution in [0.1, 0.15) is 25.7 Å². The number of hydrogen-bond donors (Lipinski definition) is 2. The molecule has 2 N–H and O–H groups in total. The van der Waals surface area contributed by atoms with Gasteiger partial charge in [0.1, 0.15) is 5.69 Å². The Labute approximate surface area is 151 Å². The van der Waals surface area contributed by atoms with Crippen LogP contribution in [0, 0.1) is 52.8 Å². The van der Waals surface area contributed by atoms with E-state index in [0.717, 1.165) is 0 Å². The molecule has 0 aliphatic heterocycles. The van der Waals surface area contributed by atoms with E-state index in [1.54, 1.807) is 5.32 Å². The summed E-state index contributed by atoms with van der Waals surface area (Å²) in [6.07, 6.45) is 6.14. The number of carboxylic acid groups (broad SMARTS) is 1. The van der Waals surface area contributed by atoms with Crippen molar-refractivity contribution in [2.75, 3.05) is 5.32 Å². The van der Waals surface area contributed by atoms with Gasteiger partial charge in [-0.05, 0) is 37.5 Å². The summed E-state index contributed by atoms with van der Waals surface area (Å²) >= 11 is 0. The number of carbonyl (C=O) groups excluding carboxylic acids is 1. The van der Waals surface area contributed by atoms with Crippen LogP contribution in [0.25, 0.3) is 0 Å². The number of amides is 1. The standard InChI is InChI=1S/C18H16F5NO3/c19-11-12(20)14(22)16(15(23)13(11)21)24-17(25)9-7-5-3-1-2-4-6-8(7)10(9)18(26)27/h1-2,7-10H,3-6H2,(H,24,25)(H,26,27)/b2-1-/t7-,8-,9+,10-/m0/s1. The molecule has 1 amide bonds. The van der Waals surface area contributed by atoms with Crippen molar-refractivity contribution in [2.45, 2.75) is 25.7 Å². The summed E-state index contributed by atoms with van der Waals surface area (Å²) < 4.78 is 67.3. The number of fused-ring (bicyclic) bond motifs is 1. The normalized spacial score (nSPS) is 28.3. The Bertz CT molecular complexity index is 797. The number of allylic oxidation sites excluding steroid dienone is 2. The molecule has 3 rings (SSSR count). The van der Waals surface area contributed by atoms with Crippen molar-refractivity contribution < 1.29 is 36.6 Å². The maximum Gasteiger partial charge on any atom is 0.307 e. The summed E-state index contributed by atoms with van der Waals surface area (Å²) in [4.78, 5) is 24.1. The van der Waals surface area contributed by atoms with Crippen molar-refractivity contribution in [1.82, 2.24) is 0 Å². The van der Waals surface area contributed by atoms with Gasteiger partial charge >= 0.3 is 5.97 Å². The maximum atomic E-state index is 13.8. The topological polar surface area (TPSA) is 66.4 Å². The lowest BCUT2D eigenvalue weighted by atomic mass is 9.53. The van der Waals surface area contributed by atoms with E-state index in [9.17, 15) is 36.6 Å². The van der Waals surface area contributed by atoms with Crippen molar-refractivity contribution in [3.63, 3.8) is 0 Å². The average Bonchev–Trinajstić information content (AvgIpc) is 2.60. The predicted octanol–water partition coefficient (Wildman–Crippen LogP) is 4.01. The van der Waals surface area contributed by atoms with Crippen molar-refractivity contribution in [2.24, 2.45) is 23.7 Å². The fourth-order valence-corrected chi connectivity index (χ4v) is 4.14. The first-order chi connectivity index (χ1) is 12.8. The molecule has 1 aromatic carbocycles. The van der Waals surface area contributed by atoms with E-state index in [2.05, 4.69) is 0 Å². The second kappa shape index (κ2) is 7.28. The molecule has 4 nitrogen and oxygen atoms in total. The largest absolute Gasteiger partial charge is 0.481 e. The lowest BCUT2D eigenvalue weighted by Crippen LogP contribution is -2.55. The highest BCUT2D eigenvalue weighted by molar-refractivity contribution is 5.96. The SMILES string of the molecule is O=C(Nc1c(F)c(F)c(F)c(F)c1F)[C@@H]1[C@H]2CC/C=C\CC[C@@H]2[C@@H]1C(=O)O. The summed E-state index contributed by atoms with van der Waals surface area (Å²) in [6, 6.07) is 0. The Hall–Kier alpha value is -2.45. The number of carbonyl (C=O) groups is 2. The summed E-state index contributed by atoms with van der Waals surface area (Å²) in [5.41, 5.74) is -1.46. The Morgan fingerprint density at radius 1 is 0.815 bits per heavy atom. The minimum Gasteiger partial charge on any atom is -0.481 e. The van der Waals surface area contributed by atoms with Crippen molar-refractivity contribution in [3.05, 3.63) is 41.2 Å². The number of nitrogens with one attached hydrogen (secondary N) is 1. The number of rotatable bonds is 3. The molecule has 0 heterocycles. The zero-order chi connectivity index (χ0) is 19.9. The smallest absolute Gasteiger partial charge is 0.307 e. The second-order valence-corrected chi connectivity index (χ2v) is 6.78. The second-order valence-electron chi connectivity index (χ2n) is 6.78. The van der Waals surface area contributed by atoms with Gasteiger partial charge in [-0.2, -0.15) is 0 Å². The van der Waals surface area contributed by atoms with E-state index in [1.807, 2.05) is 12.2 Å². The molecule has 0 saturated heterocycles. The molecule has 0 unspecified atom stereocenters. The fraction of sp³-hybridized carbons (Fsp3) is 0.444. The molecule has 0 radical (unpaired) electrons. The number of hydrogen-bond acceptors (Lipinski definition) is 2. The third kappa shape index (κ3) is 3.19. The van der Waals surface area contributed by atoms with Gasteiger partial charge in [0.2, 0.25) is 11.7 Å². The summed E-state index contributed by atoms with van der Waals surface area (Å²) in [6.45, 7) is 0. The van der Waals surface area contributed by atoms with Crippen LogP contribution in [0.3, 0.4) is 0 Å². The monoisotopic (exact) mass is 389 g/mol. The highest BCUT2D eigenvalue weighted by atomic mass is 19.2. The molecule has 0 aromatic heterocycles. The number of benzene rings is 1. The van der Waals surface area contributed by atoms with E-state index >= 15 is 0 Å². The van der Waals surface area contributed by atoms with Crippen molar-refractivity contribution >= 4 is 17.6 Å². The van der Waals surface area contributed by atoms with Crippen LogP contribution >= 0.6 is 0 Å². The van der Waals surface area contributed by atoms with Crippen LogP contribution in [-0.2, 0) is 9.59 Å². The third-order valence-electron chi connectivity index (χ3n) is 5.41. The van der Waals surface area contributed by atoms with Crippen LogP contribution < -0.4 is 5.32 Å². The molecule has 9 heteroatoms. The third-order valence-corrected chi connectivity index (χ3v) is 5.41. The number of halogens is 5. The van der Waals surface area contributed by atoms with Crippen LogP contribution in [0.4, 0.5) is 27.6 Å². The van der Waals surface area contributed by atoms with Crippen LogP contribution in [0.2, 0.25) is 0 Å². The minimum atomic E-state index is -2.33. The Morgan fingerprint density at radius 2 is 1.26 bits per heavy atom. The molecule has 2 aliphatic rings.